The summed E-state index contributed by atoms with van der Waals surface area (Å²) in [5.41, 5.74) is 1.45. The molecular weight excluding hydrogens is 463 g/mol. The number of nitrogens with one attached hydrogen (secondary N) is 1. The number of carbonyl (C=O) groups is 1. The van der Waals surface area contributed by atoms with E-state index in [0.29, 0.717) is 29.1 Å². The number of alkyl halides is 3. The molecular formula is C22H18F3N9O. The van der Waals surface area contributed by atoms with Crippen molar-refractivity contribution in [2.24, 2.45) is 0 Å². The van der Waals surface area contributed by atoms with Crippen LogP contribution >= 0.6 is 0 Å². The number of pyridine rings is 1. The smallest absolute Gasteiger partial charge is 0.340 e. The first-order valence-corrected chi connectivity index (χ1v) is 10.9. The van der Waals surface area contributed by atoms with Gasteiger partial charge in [-0.1, -0.05) is 6.07 Å². The van der Waals surface area contributed by atoms with Gasteiger partial charge in [-0.2, -0.15) is 23.4 Å². The lowest BCUT2D eigenvalue weighted by molar-refractivity contribution is -0.141. The Morgan fingerprint density at radius 1 is 1.17 bits per heavy atom. The standard InChI is InChI=1S/C22H18F3N9O/c1-32-11-14-19(34-8-3-2-5-15(34)27-14)13-9-26-21-18(28-13)17(29-30-21)12-10-33(7-4-6-16(32)35)31-20(12)22(23,24)25/h2-3,5,8-10H,4,6-7,11H2,1H3,(H,26,29,30). The molecule has 1 N–H and O–H groups in total. The van der Waals surface area contributed by atoms with Crippen LogP contribution in [0.2, 0.25) is 0 Å². The van der Waals surface area contributed by atoms with Gasteiger partial charge in [-0.05, 0) is 18.6 Å². The second-order valence-electron chi connectivity index (χ2n) is 8.37. The fourth-order valence-corrected chi connectivity index (χ4v) is 4.35. The van der Waals surface area contributed by atoms with Gasteiger partial charge in [-0.25, -0.2) is 15.0 Å². The van der Waals surface area contributed by atoms with Crippen molar-refractivity contribution in [3.63, 3.8) is 0 Å². The van der Waals surface area contributed by atoms with Crippen LogP contribution in [0.3, 0.4) is 0 Å². The zero-order chi connectivity index (χ0) is 24.3. The molecule has 0 aliphatic carbocycles. The van der Waals surface area contributed by atoms with E-state index in [1.165, 1.54) is 17.1 Å². The fourth-order valence-electron chi connectivity index (χ4n) is 4.35. The summed E-state index contributed by atoms with van der Waals surface area (Å²) < 4.78 is 44.7. The molecule has 0 saturated heterocycles. The van der Waals surface area contributed by atoms with Crippen LogP contribution in [-0.2, 0) is 24.1 Å². The normalized spacial score (nSPS) is 15.0. The number of fused-ring (bicyclic) bond motifs is 8. The molecule has 1 amide bonds. The topological polar surface area (TPSA) is 110 Å². The molecule has 0 radical (unpaired) electrons. The summed E-state index contributed by atoms with van der Waals surface area (Å²) in [7, 11) is 1.67. The summed E-state index contributed by atoms with van der Waals surface area (Å²) in [5.74, 6) is -0.151. The summed E-state index contributed by atoms with van der Waals surface area (Å²) in [6.45, 7) is 0.378. The number of aromatic nitrogens is 8. The number of hydrogen-bond acceptors (Lipinski definition) is 6. The third-order valence-electron chi connectivity index (χ3n) is 6.00. The second kappa shape index (κ2) is 7.61. The van der Waals surface area contributed by atoms with Crippen LogP contribution in [0.25, 0.3) is 39.5 Å². The number of aryl methyl sites for hydroxylation is 1. The molecule has 178 valence electrons. The molecule has 6 rings (SSSR count). The van der Waals surface area contributed by atoms with Crippen LogP contribution in [0.4, 0.5) is 13.2 Å². The van der Waals surface area contributed by atoms with Gasteiger partial charge in [0.1, 0.15) is 16.9 Å². The van der Waals surface area contributed by atoms with Gasteiger partial charge < -0.3 is 4.90 Å². The number of aromatic amines is 1. The minimum Gasteiger partial charge on any atom is -0.340 e. The van der Waals surface area contributed by atoms with Gasteiger partial charge >= 0.3 is 6.18 Å². The molecule has 10 nitrogen and oxygen atoms in total. The summed E-state index contributed by atoms with van der Waals surface area (Å²) >= 11 is 0. The molecule has 0 fully saturated rings. The van der Waals surface area contributed by atoms with Crippen molar-refractivity contribution in [1.82, 2.24) is 44.2 Å². The zero-order valence-electron chi connectivity index (χ0n) is 18.4. The van der Waals surface area contributed by atoms with E-state index in [9.17, 15) is 18.0 Å². The SMILES string of the molecule is CN1Cc2nc3ccccn3c2-c2cnc3n[nH]c(c3n2)-c2cn(nc2C(F)(F)F)CCCC1=O. The van der Waals surface area contributed by atoms with Crippen molar-refractivity contribution >= 4 is 22.7 Å². The molecule has 1 aliphatic rings. The van der Waals surface area contributed by atoms with E-state index < -0.39 is 11.9 Å². The van der Waals surface area contributed by atoms with Gasteiger partial charge in [-0.3, -0.25) is 19.0 Å². The maximum Gasteiger partial charge on any atom is 0.435 e. The summed E-state index contributed by atoms with van der Waals surface area (Å²) in [6.07, 6.45) is 0.395. The number of carbonyl (C=O) groups excluding carboxylic acids is 1. The van der Waals surface area contributed by atoms with Gasteiger partial charge in [0, 0.05) is 32.4 Å². The second-order valence-corrected chi connectivity index (χ2v) is 8.37. The number of rotatable bonds is 0. The number of H-pyrrole nitrogens is 1. The van der Waals surface area contributed by atoms with E-state index in [0.717, 1.165) is 0 Å². The molecule has 0 spiro atoms. The molecule has 0 aromatic carbocycles. The van der Waals surface area contributed by atoms with Crippen molar-refractivity contribution < 1.29 is 18.0 Å². The zero-order valence-corrected chi connectivity index (χ0v) is 18.4. The van der Waals surface area contributed by atoms with E-state index in [1.54, 1.807) is 11.9 Å². The first kappa shape index (κ1) is 21.3. The minimum atomic E-state index is -4.70. The largest absolute Gasteiger partial charge is 0.435 e. The molecule has 35 heavy (non-hydrogen) atoms. The van der Waals surface area contributed by atoms with Crippen LogP contribution in [0.15, 0.2) is 36.8 Å². The van der Waals surface area contributed by atoms with Gasteiger partial charge in [0.15, 0.2) is 11.3 Å². The van der Waals surface area contributed by atoms with Gasteiger partial charge in [0.25, 0.3) is 0 Å². The van der Waals surface area contributed by atoms with E-state index in [-0.39, 0.29) is 47.8 Å². The lowest BCUT2D eigenvalue weighted by Gasteiger charge is -2.17. The van der Waals surface area contributed by atoms with Crippen molar-refractivity contribution in [3.05, 3.63) is 48.2 Å². The van der Waals surface area contributed by atoms with Gasteiger partial charge in [0.2, 0.25) is 5.91 Å². The summed E-state index contributed by atoms with van der Waals surface area (Å²) in [5, 5.41) is 10.5. The first-order valence-electron chi connectivity index (χ1n) is 10.9. The minimum absolute atomic E-state index is 0.0753. The molecule has 4 bridgehead atoms. The Morgan fingerprint density at radius 3 is 2.86 bits per heavy atom. The summed E-state index contributed by atoms with van der Waals surface area (Å²) in [6, 6.07) is 5.50. The van der Waals surface area contributed by atoms with Crippen LogP contribution in [0, 0.1) is 0 Å². The molecule has 0 saturated carbocycles. The summed E-state index contributed by atoms with van der Waals surface area (Å²) in [4.78, 5) is 28.0. The highest BCUT2D eigenvalue weighted by atomic mass is 19.4. The Bertz CT molecular complexity index is 1600. The highest BCUT2D eigenvalue weighted by Crippen LogP contribution is 2.38. The maximum atomic E-state index is 13.9. The van der Waals surface area contributed by atoms with Crippen LogP contribution < -0.4 is 0 Å². The Balaban J connectivity index is 1.64. The molecule has 0 unspecified atom stereocenters. The first-order chi connectivity index (χ1) is 16.8. The van der Waals surface area contributed by atoms with E-state index in [2.05, 4.69) is 30.2 Å². The predicted molar refractivity (Wildman–Crippen MR) is 118 cm³/mol. The van der Waals surface area contributed by atoms with Crippen molar-refractivity contribution in [3.8, 4) is 22.6 Å². The highest BCUT2D eigenvalue weighted by Gasteiger charge is 2.39. The third-order valence-corrected chi connectivity index (χ3v) is 6.00. The van der Waals surface area contributed by atoms with Crippen molar-refractivity contribution in [2.45, 2.75) is 32.1 Å². The van der Waals surface area contributed by atoms with Crippen LogP contribution in [-0.4, -0.2) is 57.2 Å². The Hall–Kier alpha value is -4.29. The van der Waals surface area contributed by atoms with Crippen molar-refractivity contribution in [2.75, 3.05) is 7.05 Å². The van der Waals surface area contributed by atoms with E-state index in [1.807, 2.05) is 28.8 Å². The van der Waals surface area contributed by atoms with Crippen molar-refractivity contribution in [1.29, 1.82) is 0 Å². The van der Waals surface area contributed by atoms with Crippen LogP contribution in [0.5, 0.6) is 0 Å². The van der Waals surface area contributed by atoms with Gasteiger partial charge in [-0.15, -0.1) is 0 Å². The monoisotopic (exact) mass is 481 g/mol. The Kier molecular flexibility index (Phi) is 4.62. The third kappa shape index (κ3) is 3.50. The number of nitrogens with zero attached hydrogens (tertiary/aromatic N) is 8. The molecule has 5 aromatic rings. The lowest BCUT2D eigenvalue weighted by Crippen LogP contribution is -2.26. The molecule has 13 heteroatoms. The Morgan fingerprint density at radius 2 is 2.03 bits per heavy atom. The molecule has 6 heterocycles. The average molecular weight is 481 g/mol. The number of imidazole rings is 1. The number of amides is 1. The average Bonchev–Trinajstić information content (AvgIpc) is 3.52. The van der Waals surface area contributed by atoms with E-state index >= 15 is 0 Å². The van der Waals surface area contributed by atoms with E-state index in [4.69, 9.17) is 0 Å². The molecule has 5 aromatic heterocycles. The van der Waals surface area contributed by atoms with Gasteiger partial charge in [0.05, 0.1) is 35.4 Å². The number of hydrogen-bond donors (Lipinski definition) is 1. The molecule has 1 aliphatic heterocycles. The maximum absolute atomic E-state index is 13.9. The molecule has 0 atom stereocenters. The highest BCUT2D eigenvalue weighted by molar-refractivity contribution is 5.89. The Labute approximate surface area is 195 Å². The predicted octanol–water partition coefficient (Wildman–Crippen LogP) is 3.30. The lowest BCUT2D eigenvalue weighted by atomic mass is 10.1. The van der Waals surface area contributed by atoms with Crippen LogP contribution in [0.1, 0.15) is 24.2 Å². The number of halogens is 3. The quantitative estimate of drug-likeness (QED) is 0.364. The fraction of sp³-hybridized carbons (Fsp3) is 0.273.